The Morgan fingerprint density at radius 1 is 1.11 bits per heavy atom. The molecule has 0 amide bonds. The summed E-state index contributed by atoms with van der Waals surface area (Å²) in [5, 5.41) is 0. The Morgan fingerprint density at radius 3 is 2.33 bits per heavy atom. The van der Waals surface area contributed by atoms with Crippen LogP contribution in [0.5, 0.6) is 0 Å². The number of ether oxygens (including phenoxy) is 1. The number of nitrogens with zero attached hydrogens (tertiary/aromatic N) is 2. The average Bonchev–Trinajstić information content (AvgIpc) is 2.42. The molecule has 0 N–H and O–H groups in total. The molecule has 0 aromatic heterocycles. The quantitative estimate of drug-likeness (QED) is 0.744. The van der Waals surface area contributed by atoms with E-state index in [1.165, 1.54) is 12.7 Å². The van der Waals surface area contributed by atoms with Crippen LogP contribution in [0.25, 0.3) is 0 Å². The molecule has 0 atom stereocenters. The summed E-state index contributed by atoms with van der Waals surface area (Å²) in [5.41, 5.74) is 1.35. The van der Waals surface area contributed by atoms with E-state index in [-0.39, 0.29) is 5.97 Å². The number of carbonyl (C=O) groups is 1. The van der Waals surface area contributed by atoms with Gasteiger partial charge >= 0.3 is 5.97 Å². The van der Waals surface area contributed by atoms with E-state index in [1.807, 2.05) is 6.07 Å². The van der Waals surface area contributed by atoms with Gasteiger partial charge in [0.05, 0.1) is 13.7 Å². The van der Waals surface area contributed by atoms with Gasteiger partial charge in [0.2, 0.25) is 0 Å². The molecule has 1 aliphatic rings. The topological polar surface area (TPSA) is 32.8 Å². The normalized spacial score (nSPS) is 17.6. The number of hydrogen-bond donors (Lipinski definition) is 0. The third-order valence-corrected chi connectivity index (χ3v) is 3.29. The summed E-state index contributed by atoms with van der Waals surface area (Å²) in [6.45, 7) is 5.28. The molecule has 4 nitrogen and oxygen atoms in total. The Kier molecular flexibility index (Phi) is 4.73. The molecule has 2 rings (SSSR count). The number of hydrogen-bond acceptors (Lipinski definition) is 4. The number of piperazine rings is 1. The van der Waals surface area contributed by atoms with E-state index in [0.717, 1.165) is 32.7 Å². The molecular weight excluding hydrogens is 228 g/mol. The lowest BCUT2D eigenvalue weighted by molar-refractivity contribution is -0.142. The van der Waals surface area contributed by atoms with Gasteiger partial charge in [0.25, 0.3) is 0 Å². The first kappa shape index (κ1) is 13.1. The van der Waals surface area contributed by atoms with Crippen molar-refractivity contribution in [3.05, 3.63) is 35.9 Å². The fraction of sp³-hybridized carbons (Fsp3) is 0.500. The SMILES string of the molecule is COC(=O)CN1CCN(Cc2ccccc2)CC1. The minimum absolute atomic E-state index is 0.147. The summed E-state index contributed by atoms with van der Waals surface area (Å²) in [7, 11) is 1.44. The molecule has 1 fully saturated rings. The third kappa shape index (κ3) is 3.82. The molecule has 0 spiro atoms. The first-order valence-electron chi connectivity index (χ1n) is 6.33. The maximum Gasteiger partial charge on any atom is 0.319 e. The summed E-state index contributed by atoms with van der Waals surface area (Å²) in [5.74, 6) is -0.147. The lowest BCUT2D eigenvalue weighted by Gasteiger charge is -2.33. The van der Waals surface area contributed by atoms with Crippen molar-refractivity contribution in [2.75, 3.05) is 39.8 Å². The van der Waals surface area contributed by atoms with E-state index in [4.69, 9.17) is 0 Å². The molecule has 18 heavy (non-hydrogen) atoms. The second-order valence-electron chi connectivity index (χ2n) is 4.61. The molecule has 0 radical (unpaired) electrons. The van der Waals surface area contributed by atoms with Crippen molar-refractivity contribution < 1.29 is 9.53 Å². The van der Waals surface area contributed by atoms with Crippen LogP contribution in [0.3, 0.4) is 0 Å². The Labute approximate surface area is 108 Å². The van der Waals surface area contributed by atoms with Gasteiger partial charge in [0, 0.05) is 32.7 Å². The molecule has 1 saturated heterocycles. The zero-order valence-corrected chi connectivity index (χ0v) is 10.8. The van der Waals surface area contributed by atoms with Crippen LogP contribution in [0.1, 0.15) is 5.56 Å². The molecule has 0 aliphatic carbocycles. The Hall–Kier alpha value is -1.39. The van der Waals surface area contributed by atoms with Crippen LogP contribution in [0.4, 0.5) is 0 Å². The van der Waals surface area contributed by atoms with Crippen molar-refractivity contribution in [2.45, 2.75) is 6.54 Å². The molecule has 0 unspecified atom stereocenters. The van der Waals surface area contributed by atoms with Crippen LogP contribution in [-0.4, -0.2) is 55.6 Å². The largest absolute Gasteiger partial charge is 0.468 e. The Bertz CT molecular complexity index is 373. The van der Waals surface area contributed by atoms with Gasteiger partial charge in [-0.25, -0.2) is 0 Å². The fourth-order valence-corrected chi connectivity index (χ4v) is 2.19. The number of esters is 1. The third-order valence-electron chi connectivity index (χ3n) is 3.29. The molecule has 98 valence electrons. The number of rotatable bonds is 4. The highest BCUT2D eigenvalue weighted by atomic mass is 16.5. The van der Waals surface area contributed by atoms with E-state index in [9.17, 15) is 4.79 Å². The summed E-state index contributed by atoms with van der Waals surface area (Å²) >= 11 is 0. The van der Waals surface area contributed by atoms with Crippen molar-refractivity contribution in [3.8, 4) is 0 Å². The van der Waals surface area contributed by atoms with Gasteiger partial charge in [-0.05, 0) is 5.56 Å². The molecular formula is C14H20N2O2. The second-order valence-corrected chi connectivity index (χ2v) is 4.61. The molecule has 0 bridgehead atoms. The molecule has 4 heteroatoms. The lowest BCUT2D eigenvalue weighted by Crippen LogP contribution is -2.47. The molecule has 1 aliphatic heterocycles. The van der Waals surface area contributed by atoms with E-state index in [1.54, 1.807) is 0 Å². The van der Waals surface area contributed by atoms with E-state index in [0.29, 0.717) is 6.54 Å². The Morgan fingerprint density at radius 2 is 1.72 bits per heavy atom. The maximum absolute atomic E-state index is 11.2. The van der Waals surface area contributed by atoms with E-state index < -0.39 is 0 Å². The summed E-state index contributed by atoms with van der Waals surface area (Å²) in [4.78, 5) is 15.7. The predicted molar refractivity (Wildman–Crippen MR) is 70.2 cm³/mol. The fourth-order valence-electron chi connectivity index (χ4n) is 2.19. The molecule has 0 saturated carbocycles. The second kappa shape index (κ2) is 6.52. The highest BCUT2D eigenvalue weighted by Gasteiger charge is 2.18. The number of carbonyl (C=O) groups excluding carboxylic acids is 1. The van der Waals surface area contributed by atoms with E-state index in [2.05, 4.69) is 38.8 Å². The van der Waals surface area contributed by atoms with Crippen LogP contribution in [0, 0.1) is 0 Å². The van der Waals surface area contributed by atoms with Crippen molar-refractivity contribution in [2.24, 2.45) is 0 Å². The zero-order chi connectivity index (χ0) is 12.8. The minimum Gasteiger partial charge on any atom is -0.468 e. The summed E-state index contributed by atoms with van der Waals surface area (Å²) in [6.07, 6.45) is 0. The standard InChI is InChI=1S/C14H20N2O2/c1-18-14(17)12-16-9-7-15(8-10-16)11-13-5-3-2-4-6-13/h2-6H,7-12H2,1H3. The van der Waals surface area contributed by atoms with Gasteiger partial charge < -0.3 is 4.74 Å². The molecule has 1 aromatic rings. The molecule has 1 aromatic carbocycles. The number of methoxy groups -OCH3 is 1. The van der Waals surface area contributed by atoms with Gasteiger partial charge in [0.15, 0.2) is 0 Å². The van der Waals surface area contributed by atoms with Gasteiger partial charge in [-0.3, -0.25) is 14.6 Å². The Balaban J connectivity index is 1.75. The maximum atomic E-state index is 11.2. The predicted octanol–water partition coefficient (Wildman–Crippen LogP) is 0.977. The van der Waals surface area contributed by atoms with E-state index >= 15 is 0 Å². The van der Waals surface area contributed by atoms with Crippen LogP contribution < -0.4 is 0 Å². The first-order valence-corrected chi connectivity index (χ1v) is 6.33. The summed E-state index contributed by atoms with van der Waals surface area (Å²) < 4.78 is 4.68. The van der Waals surface area contributed by atoms with Gasteiger partial charge in [-0.15, -0.1) is 0 Å². The highest BCUT2D eigenvalue weighted by molar-refractivity contribution is 5.71. The molecule has 1 heterocycles. The lowest BCUT2D eigenvalue weighted by atomic mass is 10.2. The van der Waals surface area contributed by atoms with Crippen LogP contribution in [0.15, 0.2) is 30.3 Å². The zero-order valence-electron chi connectivity index (χ0n) is 10.8. The minimum atomic E-state index is -0.147. The first-order chi connectivity index (χ1) is 8.78. The van der Waals surface area contributed by atoms with Gasteiger partial charge in [-0.2, -0.15) is 0 Å². The van der Waals surface area contributed by atoms with Crippen molar-refractivity contribution in [1.29, 1.82) is 0 Å². The monoisotopic (exact) mass is 248 g/mol. The van der Waals surface area contributed by atoms with Crippen molar-refractivity contribution in [3.63, 3.8) is 0 Å². The highest BCUT2D eigenvalue weighted by Crippen LogP contribution is 2.08. The average molecular weight is 248 g/mol. The van der Waals surface area contributed by atoms with Gasteiger partial charge in [-0.1, -0.05) is 30.3 Å². The van der Waals surface area contributed by atoms with Gasteiger partial charge in [0.1, 0.15) is 0 Å². The number of benzene rings is 1. The van der Waals surface area contributed by atoms with Crippen LogP contribution in [0.2, 0.25) is 0 Å². The summed E-state index contributed by atoms with van der Waals surface area (Å²) in [6, 6.07) is 10.5. The van der Waals surface area contributed by atoms with Crippen molar-refractivity contribution in [1.82, 2.24) is 9.80 Å². The van der Waals surface area contributed by atoms with Crippen molar-refractivity contribution >= 4 is 5.97 Å². The smallest absolute Gasteiger partial charge is 0.319 e. The van der Waals surface area contributed by atoms with Crippen LogP contribution in [-0.2, 0) is 16.1 Å². The van der Waals surface area contributed by atoms with Crippen LogP contribution >= 0.6 is 0 Å².